The molecule has 0 saturated carbocycles. The van der Waals surface area contributed by atoms with Gasteiger partial charge >= 0.3 is 0 Å². The molecule has 3 aromatic rings. The van der Waals surface area contributed by atoms with Crippen LogP contribution in [-0.4, -0.2) is 37.2 Å². The van der Waals surface area contributed by atoms with Crippen molar-refractivity contribution < 1.29 is 19.0 Å². The molecule has 1 amide bonds. The van der Waals surface area contributed by atoms with Crippen molar-refractivity contribution >= 4 is 33.2 Å². The number of nitrogens with one attached hydrogen (secondary N) is 1. The minimum Gasteiger partial charge on any atom is -0.493 e. The second-order valence-corrected chi connectivity index (χ2v) is 7.23. The maximum absolute atomic E-state index is 12.7. The van der Waals surface area contributed by atoms with Crippen LogP contribution in [0, 0.1) is 0 Å². The zero-order valence-corrected chi connectivity index (χ0v) is 17.9. The molecule has 0 aliphatic carbocycles. The first-order valence-electron chi connectivity index (χ1n) is 8.20. The van der Waals surface area contributed by atoms with Gasteiger partial charge in [0, 0.05) is 23.3 Å². The lowest BCUT2D eigenvalue weighted by atomic mass is 10.1. The summed E-state index contributed by atoms with van der Waals surface area (Å²) in [5.74, 6) is 0.913. The third-order valence-electron chi connectivity index (χ3n) is 3.90. The number of thiazole rings is 1. The molecule has 0 aliphatic heterocycles. The molecule has 2 heterocycles. The number of pyridine rings is 1. The molecular weight excluding hydrogens is 446 g/mol. The number of hydrogen-bond donors (Lipinski definition) is 1. The Kier molecular flexibility index (Phi) is 6.48. The predicted molar refractivity (Wildman–Crippen MR) is 110 cm³/mol. The van der Waals surface area contributed by atoms with Gasteiger partial charge in [0.25, 0.3) is 5.91 Å². The first-order valence-corrected chi connectivity index (χ1v) is 9.87. The van der Waals surface area contributed by atoms with Crippen LogP contribution in [0.2, 0.25) is 0 Å². The highest BCUT2D eigenvalue weighted by atomic mass is 79.9. The summed E-state index contributed by atoms with van der Waals surface area (Å²) >= 11 is 4.92. The summed E-state index contributed by atoms with van der Waals surface area (Å²) in [5.41, 5.74) is 2.08. The van der Waals surface area contributed by atoms with Crippen LogP contribution in [0.3, 0.4) is 0 Å². The number of halogens is 1. The number of rotatable bonds is 7. The van der Waals surface area contributed by atoms with Gasteiger partial charge in [-0.2, -0.15) is 0 Å². The van der Waals surface area contributed by atoms with Gasteiger partial charge in [0.05, 0.1) is 43.6 Å². The Morgan fingerprint density at radius 3 is 2.64 bits per heavy atom. The predicted octanol–water partition coefficient (Wildman–Crippen LogP) is 3.92. The van der Waals surface area contributed by atoms with Crippen molar-refractivity contribution in [2.45, 2.75) is 6.54 Å². The van der Waals surface area contributed by atoms with Crippen LogP contribution in [0.15, 0.2) is 40.4 Å². The molecule has 7 nitrogen and oxygen atoms in total. The number of amides is 1. The fourth-order valence-corrected chi connectivity index (χ4v) is 4.01. The third kappa shape index (κ3) is 4.10. The molecule has 0 spiro atoms. The molecule has 1 N–H and O–H groups in total. The highest BCUT2D eigenvalue weighted by Gasteiger charge is 2.22. The van der Waals surface area contributed by atoms with E-state index in [0.717, 1.165) is 16.3 Å². The maximum Gasteiger partial charge on any atom is 0.253 e. The number of aromatic nitrogens is 2. The van der Waals surface area contributed by atoms with Crippen LogP contribution in [0.1, 0.15) is 16.1 Å². The summed E-state index contributed by atoms with van der Waals surface area (Å²) in [4.78, 5) is 21.4. The molecule has 0 atom stereocenters. The van der Waals surface area contributed by atoms with Crippen LogP contribution in [-0.2, 0) is 6.54 Å². The van der Waals surface area contributed by atoms with Crippen molar-refractivity contribution in [3.8, 4) is 27.8 Å². The van der Waals surface area contributed by atoms with Gasteiger partial charge in [0.2, 0.25) is 5.75 Å². The first kappa shape index (κ1) is 20.1. The summed E-state index contributed by atoms with van der Waals surface area (Å²) < 4.78 is 16.5. The molecule has 0 bridgehead atoms. The van der Waals surface area contributed by atoms with E-state index in [1.807, 2.05) is 17.5 Å². The third-order valence-corrected chi connectivity index (χ3v) is 5.63. The van der Waals surface area contributed by atoms with Crippen molar-refractivity contribution in [2.24, 2.45) is 0 Å². The summed E-state index contributed by atoms with van der Waals surface area (Å²) in [6.45, 7) is 0.290. The second-order valence-electron chi connectivity index (χ2n) is 5.58. The fourth-order valence-electron chi connectivity index (χ4n) is 2.56. The summed E-state index contributed by atoms with van der Waals surface area (Å²) in [6.07, 6.45) is 3.47. The molecule has 2 aromatic heterocycles. The van der Waals surface area contributed by atoms with E-state index in [4.69, 9.17) is 14.2 Å². The number of methoxy groups -OCH3 is 3. The van der Waals surface area contributed by atoms with Gasteiger partial charge < -0.3 is 19.5 Å². The van der Waals surface area contributed by atoms with Gasteiger partial charge in [-0.3, -0.25) is 9.78 Å². The maximum atomic E-state index is 12.7. The van der Waals surface area contributed by atoms with Crippen molar-refractivity contribution in [1.82, 2.24) is 15.3 Å². The van der Waals surface area contributed by atoms with E-state index in [-0.39, 0.29) is 5.91 Å². The Morgan fingerprint density at radius 2 is 2.00 bits per heavy atom. The van der Waals surface area contributed by atoms with Crippen LogP contribution in [0.5, 0.6) is 17.2 Å². The lowest BCUT2D eigenvalue weighted by Crippen LogP contribution is -2.23. The van der Waals surface area contributed by atoms with Crippen molar-refractivity contribution in [2.75, 3.05) is 21.3 Å². The molecule has 0 aliphatic rings. The molecule has 146 valence electrons. The number of hydrogen-bond acceptors (Lipinski definition) is 7. The SMILES string of the molecule is COc1cc(C(=O)NCc2csc(-c3cccnc3)n2)c(Br)c(OC)c1OC. The van der Waals surface area contributed by atoms with Crippen molar-refractivity contribution in [1.29, 1.82) is 0 Å². The summed E-state index contributed by atoms with van der Waals surface area (Å²) in [5, 5.41) is 5.63. The Hall–Kier alpha value is -2.65. The van der Waals surface area contributed by atoms with E-state index in [2.05, 4.69) is 31.2 Å². The Balaban J connectivity index is 1.78. The van der Waals surface area contributed by atoms with Gasteiger partial charge in [-0.25, -0.2) is 4.98 Å². The van der Waals surface area contributed by atoms with E-state index in [1.54, 1.807) is 18.5 Å². The average molecular weight is 464 g/mol. The Bertz CT molecular complexity index is 979. The number of carbonyl (C=O) groups is 1. The molecule has 9 heteroatoms. The Morgan fingerprint density at radius 1 is 1.21 bits per heavy atom. The smallest absolute Gasteiger partial charge is 0.253 e. The van der Waals surface area contributed by atoms with Crippen LogP contribution >= 0.6 is 27.3 Å². The van der Waals surface area contributed by atoms with E-state index in [1.165, 1.54) is 32.7 Å². The lowest BCUT2D eigenvalue weighted by molar-refractivity contribution is 0.0948. The zero-order chi connectivity index (χ0) is 20.1. The quantitative estimate of drug-likeness (QED) is 0.571. The second kappa shape index (κ2) is 9.03. The molecule has 1 aromatic carbocycles. The highest BCUT2D eigenvalue weighted by molar-refractivity contribution is 9.10. The standard InChI is InChI=1S/C19H18BrN3O4S/c1-25-14-7-13(15(20)17(27-3)16(14)26-2)18(24)22-9-12-10-28-19(23-12)11-5-4-6-21-8-11/h4-8,10H,9H2,1-3H3,(H,22,24). The van der Waals surface area contributed by atoms with Crippen LogP contribution < -0.4 is 19.5 Å². The minimum absolute atomic E-state index is 0.290. The molecule has 28 heavy (non-hydrogen) atoms. The normalized spacial score (nSPS) is 10.4. The number of nitrogens with zero attached hydrogens (tertiary/aromatic N) is 2. The number of carbonyl (C=O) groups excluding carboxylic acids is 1. The Labute approximate surface area is 174 Å². The van der Waals surface area contributed by atoms with Gasteiger partial charge in [-0.15, -0.1) is 11.3 Å². The van der Waals surface area contributed by atoms with Gasteiger partial charge in [0.1, 0.15) is 5.01 Å². The van der Waals surface area contributed by atoms with Gasteiger partial charge in [-0.1, -0.05) is 0 Å². The lowest BCUT2D eigenvalue weighted by Gasteiger charge is -2.16. The summed E-state index contributed by atoms with van der Waals surface area (Å²) in [7, 11) is 4.51. The molecular formula is C19H18BrN3O4S. The summed E-state index contributed by atoms with van der Waals surface area (Å²) in [6, 6.07) is 5.41. The van der Waals surface area contributed by atoms with Crippen molar-refractivity contribution in [3.63, 3.8) is 0 Å². The number of benzene rings is 1. The highest BCUT2D eigenvalue weighted by Crippen LogP contribution is 2.44. The average Bonchev–Trinajstić information content (AvgIpc) is 3.21. The minimum atomic E-state index is -0.290. The van der Waals surface area contributed by atoms with Gasteiger partial charge in [0.15, 0.2) is 11.5 Å². The largest absolute Gasteiger partial charge is 0.493 e. The van der Waals surface area contributed by atoms with Gasteiger partial charge in [-0.05, 0) is 34.1 Å². The van der Waals surface area contributed by atoms with Crippen molar-refractivity contribution in [3.05, 3.63) is 51.7 Å². The molecule has 3 rings (SSSR count). The molecule has 0 fully saturated rings. The number of ether oxygens (including phenoxy) is 3. The van der Waals surface area contributed by atoms with E-state index in [0.29, 0.717) is 33.8 Å². The monoisotopic (exact) mass is 463 g/mol. The molecule has 0 unspecified atom stereocenters. The van der Waals surface area contributed by atoms with Crippen LogP contribution in [0.4, 0.5) is 0 Å². The molecule has 0 radical (unpaired) electrons. The zero-order valence-electron chi connectivity index (χ0n) is 15.5. The topological polar surface area (TPSA) is 82.6 Å². The van der Waals surface area contributed by atoms with E-state index >= 15 is 0 Å². The van der Waals surface area contributed by atoms with E-state index in [9.17, 15) is 4.79 Å². The molecule has 0 saturated heterocycles. The van der Waals surface area contributed by atoms with E-state index < -0.39 is 0 Å². The fraction of sp³-hybridized carbons (Fsp3) is 0.211. The first-order chi connectivity index (χ1) is 13.6. The van der Waals surface area contributed by atoms with Crippen LogP contribution in [0.25, 0.3) is 10.6 Å².